The Morgan fingerprint density at radius 2 is 1.86 bits per heavy atom. The Labute approximate surface area is 212 Å². The van der Waals surface area contributed by atoms with E-state index >= 15 is 0 Å². The fourth-order valence-electron chi connectivity index (χ4n) is 4.39. The van der Waals surface area contributed by atoms with Gasteiger partial charge < -0.3 is 16.2 Å². The monoisotopic (exact) mass is 531 g/mol. The molecule has 36 heavy (non-hydrogen) atoms. The molecule has 1 aliphatic rings. The zero-order valence-electron chi connectivity index (χ0n) is 20.4. The van der Waals surface area contributed by atoms with Crippen LogP contribution in [-0.2, 0) is 27.8 Å². The van der Waals surface area contributed by atoms with Crippen molar-refractivity contribution in [1.29, 1.82) is 0 Å². The van der Waals surface area contributed by atoms with E-state index in [-0.39, 0.29) is 36.0 Å². The van der Waals surface area contributed by atoms with Crippen LogP contribution in [-0.4, -0.2) is 42.0 Å². The summed E-state index contributed by atoms with van der Waals surface area (Å²) >= 11 is 1.80. The number of thiophene rings is 1. The predicted octanol–water partition coefficient (Wildman–Crippen LogP) is 5.12. The molecule has 1 aromatic heterocycles. The number of carboxylic acid groups (broad SMARTS) is 1. The quantitative estimate of drug-likeness (QED) is 0.411. The maximum Gasteiger partial charge on any atom is 0.416 e. The maximum atomic E-state index is 12.5. The number of amides is 1. The van der Waals surface area contributed by atoms with Gasteiger partial charge in [-0.05, 0) is 75.3 Å². The number of nitrogens with zero attached hydrogens (tertiary/aromatic N) is 1. The van der Waals surface area contributed by atoms with Gasteiger partial charge in [0.15, 0.2) is 0 Å². The Bertz CT molecular complexity index is 989. The van der Waals surface area contributed by atoms with Crippen molar-refractivity contribution in [2.75, 3.05) is 14.1 Å². The van der Waals surface area contributed by atoms with Crippen molar-refractivity contribution in [3.05, 3.63) is 57.5 Å². The lowest BCUT2D eigenvalue weighted by molar-refractivity contribution is -0.139. The number of halogens is 4. The molecule has 1 heterocycles. The minimum atomic E-state index is -4.54. The van der Waals surface area contributed by atoms with E-state index in [4.69, 9.17) is 10.8 Å². The molecule has 11 heteroatoms. The minimum absolute atomic E-state index is 0.0234. The third-order valence-electron chi connectivity index (χ3n) is 6.41. The number of benzene rings is 1. The molecule has 0 radical (unpaired) electrons. The molecule has 1 aromatic carbocycles. The van der Waals surface area contributed by atoms with E-state index in [1.807, 2.05) is 0 Å². The Kier molecular flexibility index (Phi) is 10.9. The van der Waals surface area contributed by atoms with Gasteiger partial charge in [-0.3, -0.25) is 14.5 Å². The smallest absolute Gasteiger partial charge is 0.416 e. The molecule has 0 aliphatic heterocycles. The van der Waals surface area contributed by atoms with Gasteiger partial charge >= 0.3 is 12.1 Å². The van der Waals surface area contributed by atoms with Crippen molar-refractivity contribution < 1.29 is 32.3 Å². The molecule has 1 aliphatic carbocycles. The third-order valence-corrected chi connectivity index (χ3v) is 7.47. The lowest BCUT2D eigenvalue weighted by Crippen LogP contribution is -2.48. The summed E-state index contributed by atoms with van der Waals surface area (Å²) in [4.78, 5) is 26.1. The lowest BCUT2D eigenvalue weighted by atomic mass is 9.77. The summed E-state index contributed by atoms with van der Waals surface area (Å²) in [5.74, 6) is -1.78. The van der Waals surface area contributed by atoms with E-state index in [0.717, 1.165) is 37.8 Å². The molecule has 0 spiro atoms. The van der Waals surface area contributed by atoms with Crippen LogP contribution in [0.5, 0.6) is 0 Å². The molecular weight excluding hydrogens is 498 g/mol. The van der Waals surface area contributed by atoms with E-state index in [1.54, 1.807) is 11.3 Å². The van der Waals surface area contributed by atoms with Gasteiger partial charge in [0.2, 0.25) is 5.91 Å². The highest BCUT2D eigenvalue weighted by molar-refractivity contribution is 7.10. The highest BCUT2D eigenvalue weighted by Crippen LogP contribution is 2.43. The van der Waals surface area contributed by atoms with Gasteiger partial charge in [-0.25, -0.2) is 4.39 Å². The van der Waals surface area contributed by atoms with Gasteiger partial charge in [-0.1, -0.05) is 12.1 Å². The van der Waals surface area contributed by atoms with Gasteiger partial charge in [0.05, 0.1) is 11.1 Å². The van der Waals surface area contributed by atoms with E-state index in [0.29, 0.717) is 18.9 Å². The van der Waals surface area contributed by atoms with Crippen LogP contribution in [0.1, 0.15) is 60.9 Å². The Morgan fingerprint density at radius 3 is 2.36 bits per heavy atom. The Balaban J connectivity index is 0.000000297. The van der Waals surface area contributed by atoms with Crippen LogP contribution >= 0.6 is 11.3 Å². The summed E-state index contributed by atoms with van der Waals surface area (Å²) in [7, 11) is 4.26. The Hall–Kier alpha value is -2.50. The normalized spacial score (nSPS) is 19.9. The average Bonchev–Trinajstić information content (AvgIpc) is 3.34. The van der Waals surface area contributed by atoms with Crippen molar-refractivity contribution >= 4 is 23.2 Å². The van der Waals surface area contributed by atoms with Crippen LogP contribution in [0.25, 0.3) is 0 Å². The zero-order valence-corrected chi connectivity index (χ0v) is 21.2. The number of aliphatic carboxylic acids is 1. The number of carboxylic acids is 1. The topological polar surface area (TPSA) is 95.7 Å². The van der Waals surface area contributed by atoms with E-state index in [1.165, 1.54) is 4.88 Å². The molecule has 0 atom stereocenters. The average molecular weight is 532 g/mol. The van der Waals surface area contributed by atoms with Crippen molar-refractivity contribution in [3.8, 4) is 0 Å². The molecule has 0 saturated heterocycles. The summed E-state index contributed by atoms with van der Waals surface area (Å²) in [5, 5.41) is 13.8. The number of hydrogen-bond donors (Lipinski definition) is 3. The van der Waals surface area contributed by atoms with Crippen LogP contribution in [0.4, 0.5) is 17.6 Å². The van der Waals surface area contributed by atoms with E-state index < -0.39 is 23.5 Å². The van der Waals surface area contributed by atoms with E-state index in [9.17, 15) is 27.2 Å². The predicted molar refractivity (Wildman–Crippen MR) is 131 cm³/mol. The standard InChI is InChI=1S/C17H26N2O3S.C8H7F4N/c1-19(2)17(14-5-4-12-23-14)10-8-13(9-11-17)18-15(20)6-3-7-16(21)22;9-6-2-1-5(4-13)7(3-6)8(10,11)12/h4-5,12-13H,3,6-11H2,1-2H3,(H,18,20)(H,21,22);1-3H,4,13H2. The first-order valence-electron chi connectivity index (χ1n) is 11.7. The molecule has 200 valence electrons. The number of hydrogen-bond acceptors (Lipinski definition) is 5. The highest BCUT2D eigenvalue weighted by atomic mass is 32.1. The van der Waals surface area contributed by atoms with Crippen LogP contribution in [0.2, 0.25) is 0 Å². The summed E-state index contributed by atoms with van der Waals surface area (Å²) in [5.41, 5.74) is 4.05. The molecule has 4 N–H and O–H groups in total. The molecule has 0 bridgehead atoms. The van der Waals surface area contributed by atoms with Crippen molar-refractivity contribution in [2.45, 2.75) is 69.2 Å². The van der Waals surface area contributed by atoms with Gasteiger partial charge in [0.1, 0.15) is 5.82 Å². The second kappa shape index (κ2) is 13.2. The second-order valence-electron chi connectivity index (χ2n) is 9.00. The van der Waals surface area contributed by atoms with Crippen LogP contribution in [0, 0.1) is 5.82 Å². The molecule has 6 nitrogen and oxygen atoms in total. The molecule has 1 amide bonds. The number of carbonyl (C=O) groups excluding carboxylic acids is 1. The minimum Gasteiger partial charge on any atom is -0.481 e. The highest BCUT2D eigenvalue weighted by Gasteiger charge is 2.39. The van der Waals surface area contributed by atoms with Crippen molar-refractivity contribution in [3.63, 3.8) is 0 Å². The van der Waals surface area contributed by atoms with Gasteiger partial charge in [-0.2, -0.15) is 13.2 Å². The summed E-state index contributed by atoms with van der Waals surface area (Å²) in [6.45, 7) is -0.255. The SMILES string of the molecule is CN(C)C1(c2cccs2)CCC(NC(=O)CCCC(=O)O)CC1.NCc1ccc(F)cc1C(F)(F)F. The summed E-state index contributed by atoms with van der Waals surface area (Å²) < 4.78 is 49.1. The van der Waals surface area contributed by atoms with E-state index in [2.05, 4.69) is 41.8 Å². The first-order chi connectivity index (χ1) is 16.9. The lowest BCUT2D eigenvalue weighted by Gasteiger charge is -2.44. The number of nitrogens with one attached hydrogen (secondary N) is 1. The fourth-order valence-corrected chi connectivity index (χ4v) is 5.45. The third kappa shape index (κ3) is 8.28. The Morgan fingerprint density at radius 1 is 1.19 bits per heavy atom. The van der Waals surface area contributed by atoms with Gasteiger partial charge in [0, 0.05) is 30.3 Å². The largest absolute Gasteiger partial charge is 0.481 e. The molecule has 2 aromatic rings. The van der Waals surface area contributed by atoms with Gasteiger partial charge in [0.25, 0.3) is 0 Å². The number of nitrogens with two attached hydrogens (primary N) is 1. The molecular formula is C25H33F4N3O3S. The number of rotatable bonds is 8. The van der Waals surface area contributed by atoms with Gasteiger partial charge in [-0.15, -0.1) is 11.3 Å². The first kappa shape index (κ1) is 29.7. The van der Waals surface area contributed by atoms with Crippen molar-refractivity contribution in [2.24, 2.45) is 5.73 Å². The maximum absolute atomic E-state index is 12.5. The zero-order chi connectivity index (χ0) is 26.9. The van der Waals surface area contributed by atoms with Crippen molar-refractivity contribution in [1.82, 2.24) is 10.2 Å². The van der Waals surface area contributed by atoms with Crippen LogP contribution in [0.15, 0.2) is 35.7 Å². The summed E-state index contributed by atoms with van der Waals surface area (Å²) in [6, 6.07) is 6.95. The molecule has 1 fully saturated rings. The van der Waals surface area contributed by atoms with Crippen LogP contribution < -0.4 is 11.1 Å². The molecule has 3 rings (SSSR count). The number of alkyl halides is 3. The fraction of sp³-hybridized carbons (Fsp3) is 0.520. The number of carbonyl (C=O) groups is 2. The van der Waals surface area contributed by atoms with Crippen LogP contribution in [0.3, 0.4) is 0 Å². The molecule has 1 saturated carbocycles. The second-order valence-corrected chi connectivity index (χ2v) is 9.94. The first-order valence-corrected chi connectivity index (χ1v) is 12.5. The summed E-state index contributed by atoms with van der Waals surface area (Å²) in [6.07, 6.45) is 0.191. The molecule has 0 unspecified atom stereocenters.